The molecule has 4 rings (SSSR count). The van der Waals surface area contributed by atoms with E-state index in [1.165, 1.54) is 25.1 Å². The molecule has 0 heterocycles. The third-order valence-corrected chi connectivity index (χ3v) is 9.32. The first-order valence-electron chi connectivity index (χ1n) is 13.8. The van der Waals surface area contributed by atoms with Crippen LogP contribution in [0.3, 0.4) is 0 Å². The zero-order valence-electron chi connectivity index (χ0n) is 24.9. The zero-order chi connectivity index (χ0) is 31.1. The number of hydrogen-bond acceptors (Lipinski definition) is 9. The molecule has 3 aliphatic rings. The highest BCUT2D eigenvalue weighted by molar-refractivity contribution is 6.32. The molecule has 3 aliphatic carbocycles. The molecule has 10 nitrogen and oxygen atoms in total. The topological polar surface area (TPSA) is 158 Å². The van der Waals surface area contributed by atoms with E-state index in [4.69, 9.17) is 5.73 Å². The molecule has 2 fully saturated rings. The summed E-state index contributed by atoms with van der Waals surface area (Å²) in [5, 5.41) is 22.7. The molecule has 0 spiro atoms. The van der Waals surface area contributed by atoms with Crippen molar-refractivity contribution in [2.75, 3.05) is 27.7 Å². The van der Waals surface area contributed by atoms with Crippen LogP contribution in [-0.2, 0) is 31.1 Å². The molecular formula is C30H40FN3O7. The minimum atomic E-state index is -2.82. The normalized spacial score (nSPS) is 30.4. The second-order valence-corrected chi connectivity index (χ2v) is 13.9. The van der Waals surface area contributed by atoms with E-state index < -0.39 is 81.5 Å². The molecule has 2 saturated carbocycles. The molecule has 6 atom stereocenters. The van der Waals surface area contributed by atoms with Crippen LogP contribution in [0.15, 0.2) is 6.07 Å². The average Bonchev–Trinajstić information content (AvgIpc) is 2.81. The van der Waals surface area contributed by atoms with Crippen LogP contribution in [0.5, 0.6) is 5.75 Å². The molecule has 41 heavy (non-hydrogen) atoms. The smallest absolute Gasteiger partial charge is 0.235 e. The fourth-order valence-electron chi connectivity index (χ4n) is 7.21. The number of benzene rings is 1. The van der Waals surface area contributed by atoms with Crippen molar-refractivity contribution >= 4 is 29.0 Å². The molecule has 0 saturated heterocycles. The number of fused-ring (bicyclic) bond motifs is 3. The number of ketones is 4. The summed E-state index contributed by atoms with van der Waals surface area (Å²) in [6.07, 6.45) is -0.264. The Hall–Kier alpha value is -3.02. The number of nitrogens with two attached hydrogens (primary N) is 1. The Morgan fingerprint density at radius 3 is 2.20 bits per heavy atom. The Labute approximate surface area is 239 Å². The Bertz CT molecular complexity index is 1360. The van der Waals surface area contributed by atoms with Crippen LogP contribution in [0.4, 0.5) is 4.39 Å². The molecule has 1 amide bonds. The highest BCUT2D eigenvalue weighted by Gasteiger charge is 2.69. The van der Waals surface area contributed by atoms with Gasteiger partial charge in [0.15, 0.2) is 34.7 Å². The monoisotopic (exact) mass is 573 g/mol. The van der Waals surface area contributed by atoms with Gasteiger partial charge in [-0.2, -0.15) is 0 Å². The summed E-state index contributed by atoms with van der Waals surface area (Å²) < 4.78 is 16.3. The van der Waals surface area contributed by atoms with Crippen LogP contribution in [0.25, 0.3) is 0 Å². The molecule has 11 heteroatoms. The van der Waals surface area contributed by atoms with Crippen molar-refractivity contribution in [3.8, 4) is 5.75 Å². The predicted molar refractivity (Wildman–Crippen MR) is 146 cm³/mol. The average molecular weight is 574 g/mol. The van der Waals surface area contributed by atoms with Gasteiger partial charge < -0.3 is 15.9 Å². The third-order valence-electron chi connectivity index (χ3n) is 9.32. The Morgan fingerprint density at radius 1 is 1.10 bits per heavy atom. The number of carbonyl (C=O) groups excluding carboxylic acids is 5. The van der Waals surface area contributed by atoms with E-state index in [1.54, 1.807) is 0 Å². The number of aliphatic hydroxyl groups is 1. The summed E-state index contributed by atoms with van der Waals surface area (Å²) in [6, 6.07) is -0.0161. The van der Waals surface area contributed by atoms with E-state index in [2.05, 4.69) is 0 Å². The minimum Gasteiger partial charge on any atom is -0.507 e. The zero-order valence-corrected chi connectivity index (χ0v) is 24.9. The lowest BCUT2D eigenvalue weighted by Gasteiger charge is -2.52. The summed E-state index contributed by atoms with van der Waals surface area (Å²) in [4.78, 5) is 69.7. The van der Waals surface area contributed by atoms with Crippen LogP contribution in [0, 0.1) is 34.9 Å². The SMILES string of the molecule is CN(C)[C@@H]1C(=O)C(C(N)=O)C(=O)[C@@]2(O)C(=O)C3C(=O)c4c(O)cc(C(C)(C)N(C)CC(C)(C)C)c(F)c4C[C@H]3C[C@@H]12. The maximum absolute atomic E-state index is 16.3. The fourth-order valence-corrected chi connectivity index (χ4v) is 7.21. The summed E-state index contributed by atoms with van der Waals surface area (Å²) in [5.41, 5.74) is 1.32. The second-order valence-electron chi connectivity index (χ2n) is 13.9. The van der Waals surface area contributed by atoms with Crippen molar-refractivity contribution in [2.24, 2.45) is 34.8 Å². The Balaban J connectivity index is 1.84. The number of halogens is 1. The molecule has 1 aromatic rings. The standard InChI is InChI=1S/C30H40FN3O7/c1-28(2,3)12-34(8)29(4,5)15-11-17(35)19-14(21(15)31)9-13-10-16-22(33(6)7)24(37)20(27(32)40)26(39)30(16,41)25(38)18(13)23(19)36/h11,13,16,18,20,22,35,41H,9-10,12H2,1-8H3,(H2,32,40)/t13-,16-,18?,20?,22-,30-/m0/s1. The van der Waals surface area contributed by atoms with Crippen LogP contribution >= 0.6 is 0 Å². The molecule has 2 unspecified atom stereocenters. The van der Waals surface area contributed by atoms with E-state index in [-0.39, 0.29) is 34.9 Å². The number of carbonyl (C=O) groups is 5. The minimum absolute atomic E-state index is 0.0356. The summed E-state index contributed by atoms with van der Waals surface area (Å²) in [7, 11) is 4.87. The first-order valence-corrected chi connectivity index (χ1v) is 13.8. The van der Waals surface area contributed by atoms with Crippen molar-refractivity contribution in [3.05, 3.63) is 28.6 Å². The molecule has 224 valence electrons. The van der Waals surface area contributed by atoms with Gasteiger partial charge in [0, 0.05) is 29.1 Å². The number of nitrogens with zero attached hydrogens (tertiary/aromatic N) is 2. The number of phenols is 1. The van der Waals surface area contributed by atoms with Gasteiger partial charge in [0.1, 0.15) is 11.6 Å². The number of amides is 1. The quantitative estimate of drug-likeness (QED) is 0.441. The number of likely N-dealkylation sites (N-methyl/N-ethyl adjacent to an activating group) is 1. The summed E-state index contributed by atoms with van der Waals surface area (Å²) in [6.45, 7) is 10.4. The van der Waals surface area contributed by atoms with E-state index in [9.17, 15) is 34.2 Å². The number of Topliss-reactive ketones (excluding diaryl/α,β-unsaturated/α-hetero) is 4. The molecule has 0 aliphatic heterocycles. The van der Waals surface area contributed by atoms with Crippen LogP contribution < -0.4 is 5.73 Å². The number of hydrogen-bond donors (Lipinski definition) is 3. The van der Waals surface area contributed by atoms with Crippen molar-refractivity contribution in [2.45, 2.75) is 64.6 Å². The van der Waals surface area contributed by atoms with Crippen molar-refractivity contribution < 1.29 is 38.6 Å². The number of rotatable bonds is 5. The van der Waals surface area contributed by atoms with Crippen LogP contribution in [0.1, 0.15) is 62.5 Å². The van der Waals surface area contributed by atoms with E-state index in [1.807, 2.05) is 46.6 Å². The van der Waals surface area contributed by atoms with Gasteiger partial charge in [0.05, 0.1) is 17.5 Å². The lowest BCUT2D eigenvalue weighted by Crippen LogP contribution is -2.74. The van der Waals surface area contributed by atoms with Crippen LogP contribution in [-0.4, -0.2) is 88.4 Å². The summed E-state index contributed by atoms with van der Waals surface area (Å²) >= 11 is 0. The molecule has 0 aromatic heterocycles. The van der Waals surface area contributed by atoms with Gasteiger partial charge in [-0.25, -0.2) is 4.39 Å². The van der Waals surface area contributed by atoms with Crippen LogP contribution in [0.2, 0.25) is 0 Å². The fraction of sp³-hybridized carbons (Fsp3) is 0.633. The van der Waals surface area contributed by atoms with E-state index in [0.717, 1.165) is 0 Å². The van der Waals surface area contributed by atoms with Gasteiger partial charge in [-0.15, -0.1) is 0 Å². The molecule has 1 aromatic carbocycles. The van der Waals surface area contributed by atoms with Gasteiger partial charge in [-0.1, -0.05) is 20.8 Å². The molecular weight excluding hydrogens is 533 g/mol. The largest absolute Gasteiger partial charge is 0.507 e. The van der Waals surface area contributed by atoms with Gasteiger partial charge in [-0.3, -0.25) is 33.8 Å². The maximum Gasteiger partial charge on any atom is 0.235 e. The van der Waals surface area contributed by atoms with E-state index in [0.29, 0.717) is 6.54 Å². The lowest BCUT2D eigenvalue weighted by atomic mass is 9.52. The summed E-state index contributed by atoms with van der Waals surface area (Å²) in [5.74, 6) is -12.4. The molecule has 4 N–H and O–H groups in total. The number of primary amides is 1. The molecule has 0 radical (unpaired) electrons. The first-order chi connectivity index (χ1) is 18.7. The highest BCUT2D eigenvalue weighted by atomic mass is 19.1. The van der Waals surface area contributed by atoms with Crippen molar-refractivity contribution in [1.82, 2.24) is 9.80 Å². The van der Waals surface area contributed by atoms with Crippen molar-refractivity contribution in [1.29, 1.82) is 0 Å². The lowest BCUT2D eigenvalue weighted by molar-refractivity contribution is -0.181. The maximum atomic E-state index is 16.3. The first kappa shape index (κ1) is 30.9. The predicted octanol–water partition coefficient (Wildman–Crippen LogP) is 1.22. The Morgan fingerprint density at radius 2 is 1.68 bits per heavy atom. The van der Waals surface area contributed by atoms with Gasteiger partial charge in [0.2, 0.25) is 5.91 Å². The van der Waals surface area contributed by atoms with E-state index >= 15 is 4.39 Å². The van der Waals surface area contributed by atoms with Gasteiger partial charge in [0.25, 0.3) is 0 Å². The number of aromatic hydroxyl groups is 1. The van der Waals surface area contributed by atoms with Crippen molar-refractivity contribution in [3.63, 3.8) is 0 Å². The molecule has 0 bridgehead atoms. The highest BCUT2D eigenvalue weighted by Crippen LogP contribution is 2.51. The van der Waals surface area contributed by atoms with Gasteiger partial charge in [-0.05, 0) is 65.2 Å². The van der Waals surface area contributed by atoms with Gasteiger partial charge >= 0.3 is 0 Å². The second kappa shape index (κ2) is 9.78. The number of phenolic OH excluding ortho intramolecular Hbond substituents is 1. The Kier molecular flexibility index (Phi) is 7.37. The third kappa shape index (κ3) is 4.53.